The van der Waals surface area contributed by atoms with E-state index in [9.17, 15) is 9.59 Å². The summed E-state index contributed by atoms with van der Waals surface area (Å²) in [7, 11) is 1.56. The second kappa shape index (κ2) is 6.83. The number of carbonyl (C=O) groups excluding carboxylic acids is 2. The van der Waals surface area contributed by atoms with Crippen LogP contribution in [0.4, 0.5) is 5.69 Å². The summed E-state index contributed by atoms with van der Waals surface area (Å²) in [4.78, 5) is 25.3. The van der Waals surface area contributed by atoms with Crippen LogP contribution in [-0.4, -0.2) is 25.7 Å². The molecule has 27 heavy (non-hydrogen) atoms. The number of carbonyl (C=O) groups is 2. The van der Waals surface area contributed by atoms with Gasteiger partial charge in [-0.2, -0.15) is 0 Å². The Morgan fingerprint density at radius 1 is 1.07 bits per heavy atom. The van der Waals surface area contributed by atoms with Gasteiger partial charge in [0.05, 0.1) is 7.11 Å². The van der Waals surface area contributed by atoms with Gasteiger partial charge in [0.15, 0.2) is 11.5 Å². The zero-order chi connectivity index (χ0) is 18.9. The summed E-state index contributed by atoms with van der Waals surface area (Å²) in [5, 5.41) is 5.68. The Balaban J connectivity index is 1.38. The number of methoxy groups -OCH3 is 1. The standard InChI is InChI=1S/C20H20N2O5/c1-25-15-4-2-3-14(10-15)22-19(24)20(7-8-20)18(23)21-11-13-5-6-16-17(9-13)27-12-26-16/h2-6,9-10H,7-8,11-12H2,1H3,(H,21,23)(H,22,24). The third-order valence-electron chi connectivity index (χ3n) is 4.84. The van der Waals surface area contributed by atoms with Crippen LogP contribution >= 0.6 is 0 Å². The molecule has 1 aliphatic heterocycles. The average Bonchev–Trinajstić information content (AvgIpc) is 3.38. The SMILES string of the molecule is COc1cccc(NC(=O)C2(C(=O)NCc3ccc4c(c3)OCO4)CC2)c1. The van der Waals surface area contributed by atoms with Gasteiger partial charge in [-0.1, -0.05) is 12.1 Å². The number of amides is 2. The minimum absolute atomic E-state index is 0.207. The fraction of sp³-hybridized carbons (Fsp3) is 0.300. The Hall–Kier alpha value is -3.22. The third-order valence-corrected chi connectivity index (χ3v) is 4.84. The van der Waals surface area contributed by atoms with Gasteiger partial charge in [0.1, 0.15) is 11.2 Å². The van der Waals surface area contributed by atoms with E-state index in [0.717, 1.165) is 5.56 Å². The van der Waals surface area contributed by atoms with E-state index < -0.39 is 5.41 Å². The summed E-state index contributed by atoms with van der Waals surface area (Å²) in [6.45, 7) is 0.530. The quantitative estimate of drug-likeness (QED) is 0.765. The summed E-state index contributed by atoms with van der Waals surface area (Å²) in [5.41, 5.74) is 0.491. The zero-order valence-corrected chi connectivity index (χ0v) is 14.9. The van der Waals surface area contributed by atoms with E-state index in [1.165, 1.54) is 0 Å². The molecule has 7 nitrogen and oxygen atoms in total. The molecule has 0 radical (unpaired) electrons. The van der Waals surface area contributed by atoms with E-state index in [1.54, 1.807) is 31.4 Å². The molecule has 0 unspecified atom stereocenters. The number of rotatable bonds is 6. The molecular formula is C20H20N2O5. The van der Waals surface area contributed by atoms with Crippen LogP contribution in [0.3, 0.4) is 0 Å². The highest BCUT2D eigenvalue weighted by Gasteiger charge is 2.56. The van der Waals surface area contributed by atoms with Crippen LogP contribution in [0.5, 0.6) is 17.2 Å². The van der Waals surface area contributed by atoms with Gasteiger partial charge >= 0.3 is 0 Å². The second-order valence-electron chi connectivity index (χ2n) is 6.64. The van der Waals surface area contributed by atoms with E-state index in [0.29, 0.717) is 42.3 Å². The fourth-order valence-electron chi connectivity index (χ4n) is 3.04. The lowest BCUT2D eigenvalue weighted by Gasteiger charge is -2.16. The molecule has 4 rings (SSSR count). The number of hydrogen-bond donors (Lipinski definition) is 2. The van der Waals surface area contributed by atoms with Crippen LogP contribution in [0.2, 0.25) is 0 Å². The minimum atomic E-state index is -1.00. The molecule has 0 saturated heterocycles. The van der Waals surface area contributed by atoms with Crippen LogP contribution in [0.1, 0.15) is 18.4 Å². The number of ether oxygens (including phenoxy) is 3. The minimum Gasteiger partial charge on any atom is -0.497 e. The first-order chi connectivity index (χ1) is 13.1. The first-order valence-corrected chi connectivity index (χ1v) is 8.73. The van der Waals surface area contributed by atoms with Crippen LogP contribution in [0, 0.1) is 5.41 Å². The molecule has 1 saturated carbocycles. The Morgan fingerprint density at radius 2 is 1.89 bits per heavy atom. The highest BCUT2D eigenvalue weighted by molar-refractivity contribution is 6.13. The van der Waals surface area contributed by atoms with Gasteiger partial charge in [0, 0.05) is 18.3 Å². The van der Waals surface area contributed by atoms with Crippen molar-refractivity contribution in [3.63, 3.8) is 0 Å². The van der Waals surface area contributed by atoms with E-state index >= 15 is 0 Å². The van der Waals surface area contributed by atoms with Crippen molar-refractivity contribution in [2.24, 2.45) is 5.41 Å². The van der Waals surface area contributed by atoms with Crippen molar-refractivity contribution >= 4 is 17.5 Å². The Morgan fingerprint density at radius 3 is 2.67 bits per heavy atom. The summed E-state index contributed by atoms with van der Waals surface area (Å²) in [6.07, 6.45) is 1.07. The maximum atomic E-state index is 12.7. The number of fused-ring (bicyclic) bond motifs is 1. The van der Waals surface area contributed by atoms with E-state index in [2.05, 4.69) is 10.6 Å². The highest BCUT2D eigenvalue weighted by atomic mass is 16.7. The second-order valence-corrected chi connectivity index (χ2v) is 6.64. The fourth-order valence-corrected chi connectivity index (χ4v) is 3.04. The first-order valence-electron chi connectivity index (χ1n) is 8.73. The van der Waals surface area contributed by atoms with Gasteiger partial charge < -0.3 is 24.8 Å². The van der Waals surface area contributed by atoms with Gasteiger partial charge in [0.25, 0.3) is 0 Å². The lowest BCUT2D eigenvalue weighted by molar-refractivity contribution is -0.134. The van der Waals surface area contributed by atoms with Gasteiger partial charge in [-0.05, 0) is 42.7 Å². The molecule has 2 amide bonds. The topological polar surface area (TPSA) is 85.9 Å². The van der Waals surface area contributed by atoms with Gasteiger partial charge in [-0.25, -0.2) is 0 Å². The Kier molecular flexibility index (Phi) is 4.35. The summed E-state index contributed by atoms with van der Waals surface area (Å²) in [6, 6.07) is 12.6. The van der Waals surface area contributed by atoms with Crippen LogP contribution in [0.25, 0.3) is 0 Å². The largest absolute Gasteiger partial charge is 0.497 e. The molecule has 1 fully saturated rings. The lowest BCUT2D eigenvalue weighted by atomic mass is 10.0. The summed E-state index contributed by atoms with van der Waals surface area (Å²) < 4.78 is 15.8. The van der Waals surface area contributed by atoms with Crippen molar-refractivity contribution in [1.82, 2.24) is 5.32 Å². The highest BCUT2D eigenvalue weighted by Crippen LogP contribution is 2.47. The van der Waals surface area contributed by atoms with Crippen molar-refractivity contribution in [2.75, 3.05) is 19.2 Å². The van der Waals surface area contributed by atoms with Gasteiger partial charge in [-0.15, -0.1) is 0 Å². The molecule has 7 heteroatoms. The molecular weight excluding hydrogens is 348 g/mol. The average molecular weight is 368 g/mol. The predicted molar refractivity (Wildman–Crippen MR) is 97.7 cm³/mol. The van der Waals surface area contributed by atoms with Crippen molar-refractivity contribution in [3.05, 3.63) is 48.0 Å². The number of hydrogen-bond acceptors (Lipinski definition) is 5. The maximum absolute atomic E-state index is 12.7. The molecule has 0 bridgehead atoms. The molecule has 2 aromatic rings. The van der Waals surface area contributed by atoms with E-state index in [1.807, 2.05) is 18.2 Å². The molecule has 1 heterocycles. The number of nitrogens with one attached hydrogen (secondary N) is 2. The molecule has 0 spiro atoms. The van der Waals surface area contributed by atoms with Gasteiger partial charge in [-0.3, -0.25) is 9.59 Å². The van der Waals surface area contributed by atoms with Crippen molar-refractivity contribution < 1.29 is 23.8 Å². The van der Waals surface area contributed by atoms with Crippen LogP contribution < -0.4 is 24.8 Å². The number of benzene rings is 2. The molecule has 2 N–H and O–H groups in total. The molecule has 0 atom stereocenters. The summed E-state index contributed by atoms with van der Waals surface area (Å²) >= 11 is 0. The molecule has 2 aliphatic rings. The Bertz CT molecular complexity index is 892. The number of anilines is 1. The summed E-state index contributed by atoms with van der Waals surface area (Å²) in [5.74, 6) is 1.45. The third kappa shape index (κ3) is 3.40. The Labute approximate surface area is 156 Å². The van der Waals surface area contributed by atoms with Crippen molar-refractivity contribution in [2.45, 2.75) is 19.4 Å². The molecule has 140 valence electrons. The first kappa shape index (κ1) is 17.2. The zero-order valence-electron chi connectivity index (χ0n) is 14.9. The lowest BCUT2D eigenvalue weighted by Crippen LogP contribution is -2.39. The predicted octanol–water partition coefficient (Wildman–Crippen LogP) is 2.46. The van der Waals surface area contributed by atoms with E-state index in [4.69, 9.17) is 14.2 Å². The monoisotopic (exact) mass is 368 g/mol. The maximum Gasteiger partial charge on any atom is 0.240 e. The van der Waals surface area contributed by atoms with Crippen molar-refractivity contribution in [3.8, 4) is 17.2 Å². The van der Waals surface area contributed by atoms with E-state index in [-0.39, 0.29) is 18.6 Å². The van der Waals surface area contributed by atoms with Crippen molar-refractivity contribution in [1.29, 1.82) is 0 Å². The van der Waals surface area contributed by atoms with Crippen LogP contribution in [0.15, 0.2) is 42.5 Å². The molecule has 1 aliphatic carbocycles. The van der Waals surface area contributed by atoms with Crippen LogP contribution in [-0.2, 0) is 16.1 Å². The smallest absolute Gasteiger partial charge is 0.240 e. The normalized spacial score (nSPS) is 15.7. The molecule has 0 aromatic heterocycles. The van der Waals surface area contributed by atoms with Gasteiger partial charge in [0.2, 0.25) is 18.6 Å². The molecule has 2 aromatic carbocycles.